The molecular formula is C18H14ClF3N2O. The number of hydrazone groups is 1. The number of carbonyl (C=O) groups is 1. The quantitative estimate of drug-likeness (QED) is 0.623. The van der Waals surface area contributed by atoms with E-state index in [0.717, 1.165) is 24.1 Å². The zero-order valence-corrected chi connectivity index (χ0v) is 13.7. The Balaban J connectivity index is 1.53. The van der Waals surface area contributed by atoms with Crippen LogP contribution in [0.25, 0.3) is 0 Å². The highest BCUT2D eigenvalue weighted by molar-refractivity contribution is 6.30. The summed E-state index contributed by atoms with van der Waals surface area (Å²) in [4.78, 5) is 12.0. The first kappa shape index (κ1) is 17.5. The lowest BCUT2D eigenvalue weighted by atomic mass is 10.1. The van der Waals surface area contributed by atoms with E-state index in [1.165, 1.54) is 18.3 Å². The van der Waals surface area contributed by atoms with E-state index in [9.17, 15) is 18.0 Å². The summed E-state index contributed by atoms with van der Waals surface area (Å²) in [5, 5.41) is 4.45. The first-order valence-corrected chi connectivity index (χ1v) is 7.98. The van der Waals surface area contributed by atoms with E-state index in [2.05, 4.69) is 10.5 Å². The van der Waals surface area contributed by atoms with E-state index in [1.54, 1.807) is 12.1 Å². The average molecular weight is 367 g/mol. The Bertz CT molecular complexity index is 785. The third-order valence-corrected chi connectivity index (χ3v) is 4.30. The van der Waals surface area contributed by atoms with Gasteiger partial charge in [0, 0.05) is 10.9 Å². The van der Waals surface area contributed by atoms with Gasteiger partial charge in [-0.3, -0.25) is 4.79 Å². The molecule has 1 fully saturated rings. The standard InChI is InChI=1S/C18H14ClF3N2O/c19-14-7-3-12(4-8-14)15-9-16(15)17(25)24-23-10-11-1-5-13(6-2-11)18(20,21)22/h1-8,10,15-16H,9H2,(H,24,25). The lowest BCUT2D eigenvalue weighted by Crippen LogP contribution is -2.20. The summed E-state index contributed by atoms with van der Waals surface area (Å²) in [5.74, 6) is -0.201. The van der Waals surface area contributed by atoms with Crippen LogP contribution in [-0.4, -0.2) is 12.1 Å². The zero-order valence-electron chi connectivity index (χ0n) is 12.9. The van der Waals surface area contributed by atoms with Gasteiger partial charge in [-0.05, 0) is 47.7 Å². The first-order chi connectivity index (χ1) is 11.8. The van der Waals surface area contributed by atoms with Gasteiger partial charge >= 0.3 is 6.18 Å². The number of amides is 1. The van der Waals surface area contributed by atoms with E-state index in [4.69, 9.17) is 11.6 Å². The van der Waals surface area contributed by atoms with Gasteiger partial charge in [0.15, 0.2) is 0 Å². The van der Waals surface area contributed by atoms with Crippen molar-refractivity contribution in [3.05, 3.63) is 70.2 Å². The summed E-state index contributed by atoms with van der Waals surface area (Å²) >= 11 is 5.84. The largest absolute Gasteiger partial charge is 0.416 e. The van der Waals surface area contributed by atoms with Crippen LogP contribution in [0.4, 0.5) is 13.2 Å². The van der Waals surface area contributed by atoms with Crippen LogP contribution in [0.5, 0.6) is 0 Å². The number of halogens is 4. The fourth-order valence-electron chi connectivity index (χ4n) is 2.57. The topological polar surface area (TPSA) is 41.5 Å². The van der Waals surface area contributed by atoms with E-state index < -0.39 is 11.7 Å². The third kappa shape index (κ3) is 4.39. The Kier molecular flexibility index (Phi) is 4.81. The molecule has 1 N–H and O–H groups in total. The van der Waals surface area contributed by atoms with Gasteiger partial charge in [0.2, 0.25) is 5.91 Å². The van der Waals surface area contributed by atoms with Crippen molar-refractivity contribution in [3.8, 4) is 0 Å². The minimum absolute atomic E-state index is 0.147. The highest BCUT2D eigenvalue weighted by Crippen LogP contribution is 2.47. The summed E-state index contributed by atoms with van der Waals surface area (Å²) in [7, 11) is 0. The van der Waals surface area contributed by atoms with Crippen LogP contribution >= 0.6 is 11.6 Å². The SMILES string of the molecule is O=C(NN=Cc1ccc(C(F)(F)F)cc1)C1CC1c1ccc(Cl)cc1. The molecule has 25 heavy (non-hydrogen) atoms. The number of hydrogen-bond acceptors (Lipinski definition) is 2. The number of rotatable bonds is 4. The Morgan fingerprint density at radius 3 is 2.36 bits per heavy atom. The molecule has 1 amide bonds. The number of benzene rings is 2. The predicted molar refractivity (Wildman–Crippen MR) is 89.5 cm³/mol. The second-order valence-electron chi connectivity index (χ2n) is 5.85. The molecule has 2 unspecified atom stereocenters. The van der Waals surface area contributed by atoms with Crippen molar-refractivity contribution in [2.75, 3.05) is 0 Å². The Morgan fingerprint density at radius 1 is 1.12 bits per heavy atom. The van der Waals surface area contributed by atoms with Crippen molar-refractivity contribution in [2.45, 2.75) is 18.5 Å². The molecule has 1 saturated carbocycles. The molecular weight excluding hydrogens is 353 g/mol. The van der Waals surface area contributed by atoms with E-state index in [1.807, 2.05) is 12.1 Å². The molecule has 7 heteroatoms. The molecule has 1 aliphatic carbocycles. The minimum Gasteiger partial charge on any atom is -0.273 e. The second-order valence-corrected chi connectivity index (χ2v) is 6.29. The Labute approximate surface area is 147 Å². The van der Waals surface area contributed by atoms with Gasteiger partial charge in [-0.1, -0.05) is 35.9 Å². The minimum atomic E-state index is -4.37. The average Bonchev–Trinajstić information content (AvgIpc) is 3.36. The van der Waals surface area contributed by atoms with Crippen molar-refractivity contribution in [3.63, 3.8) is 0 Å². The molecule has 0 spiro atoms. The molecule has 130 valence electrons. The third-order valence-electron chi connectivity index (χ3n) is 4.05. The van der Waals surface area contributed by atoms with Gasteiger partial charge in [0.1, 0.15) is 0 Å². The summed E-state index contributed by atoms with van der Waals surface area (Å²) in [6.07, 6.45) is -2.31. The summed E-state index contributed by atoms with van der Waals surface area (Å²) in [5.41, 5.74) is 3.23. The number of alkyl halides is 3. The van der Waals surface area contributed by atoms with Crippen LogP contribution in [0.15, 0.2) is 53.6 Å². The molecule has 1 aliphatic rings. The number of carbonyl (C=O) groups excluding carboxylic acids is 1. The molecule has 0 bridgehead atoms. The maximum Gasteiger partial charge on any atom is 0.416 e. The van der Waals surface area contributed by atoms with Gasteiger partial charge < -0.3 is 0 Å². The van der Waals surface area contributed by atoms with Gasteiger partial charge in [-0.15, -0.1) is 0 Å². The Morgan fingerprint density at radius 2 is 1.76 bits per heavy atom. The monoisotopic (exact) mass is 366 g/mol. The molecule has 2 atom stereocenters. The molecule has 3 nitrogen and oxygen atoms in total. The molecule has 3 rings (SSSR count). The highest BCUT2D eigenvalue weighted by Gasteiger charge is 2.43. The van der Waals surface area contributed by atoms with Gasteiger partial charge in [-0.25, -0.2) is 5.43 Å². The van der Waals surface area contributed by atoms with Crippen LogP contribution in [0.1, 0.15) is 29.0 Å². The molecule has 2 aromatic rings. The van der Waals surface area contributed by atoms with Crippen molar-refractivity contribution < 1.29 is 18.0 Å². The van der Waals surface area contributed by atoms with Gasteiger partial charge in [0.25, 0.3) is 0 Å². The van der Waals surface area contributed by atoms with Crippen molar-refractivity contribution >= 4 is 23.7 Å². The lowest BCUT2D eigenvalue weighted by Gasteiger charge is -2.05. The zero-order chi connectivity index (χ0) is 18.0. The number of hydrogen-bond donors (Lipinski definition) is 1. The normalized spacial score (nSPS) is 19.8. The number of nitrogens with zero attached hydrogens (tertiary/aromatic N) is 1. The molecule has 0 aromatic heterocycles. The molecule has 0 aliphatic heterocycles. The van der Waals surface area contributed by atoms with E-state index in [-0.39, 0.29) is 17.7 Å². The van der Waals surface area contributed by atoms with Crippen molar-refractivity contribution in [1.29, 1.82) is 0 Å². The van der Waals surface area contributed by atoms with Crippen LogP contribution < -0.4 is 5.43 Å². The van der Waals surface area contributed by atoms with Crippen LogP contribution in [0.2, 0.25) is 5.02 Å². The predicted octanol–water partition coefficient (Wildman–Crippen LogP) is 4.61. The lowest BCUT2D eigenvalue weighted by molar-refractivity contribution is -0.137. The van der Waals surface area contributed by atoms with Crippen LogP contribution in [0.3, 0.4) is 0 Å². The number of nitrogens with one attached hydrogen (secondary N) is 1. The molecule has 0 radical (unpaired) electrons. The van der Waals surface area contributed by atoms with Crippen LogP contribution in [0, 0.1) is 5.92 Å². The summed E-state index contributed by atoms with van der Waals surface area (Å²) in [6.45, 7) is 0. The van der Waals surface area contributed by atoms with Crippen molar-refractivity contribution in [1.82, 2.24) is 5.43 Å². The molecule has 0 heterocycles. The van der Waals surface area contributed by atoms with Gasteiger partial charge in [-0.2, -0.15) is 18.3 Å². The summed E-state index contributed by atoms with van der Waals surface area (Å²) in [6, 6.07) is 11.9. The van der Waals surface area contributed by atoms with E-state index >= 15 is 0 Å². The maximum absolute atomic E-state index is 12.5. The van der Waals surface area contributed by atoms with Gasteiger partial charge in [0.05, 0.1) is 11.8 Å². The molecule has 0 saturated heterocycles. The Hall–Kier alpha value is -2.34. The fraction of sp³-hybridized carbons (Fsp3) is 0.222. The second kappa shape index (κ2) is 6.88. The summed E-state index contributed by atoms with van der Waals surface area (Å²) < 4.78 is 37.4. The highest BCUT2D eigenvalue weighted by atomic mass is 35.5. The smallest absolute Gasteiger partial charge is 0.273 e. The van der Waals surface area contributed by atoms with Crippen LogP contribution in [-0.2, 0) is 11.0 Å². The fourth-order valence-corrected chi connectivity index (χ4v) is 2.70. The maximum atomic E-state index is 12.5. The van der Waals surface area contributed by atoms with E-state index in [0.29, 0.717) is 10.6 Å². The first-order valence-electron chi connectivity index (χ1n) is 7.60. The molecule has 2 aromatic carbocycles. The van der Waals surface area contributed by atoms with Crippen molar-refractivity contribution in [2.24, 2.45) is 11.0 Å².